The van der Waals surface area contributed by atoms with Crippen molar-refractivity contribution in [3.63, 3.8) is 0 Å². The molecule has 0 amide bonds. The number of nitro benzene ring substituents is 1. The number of nitrogens with one attached hydrogen (secondary N) is 2. The van der Waals surface area contributed by atoms with Crippen LogP contribution in [0.1, 0.15) is 12.5 Å². The van der Waals surface area contributed by atoms with E-state index in [0.717, 1.165) is 6.07 Å². The lowest BCUT2D eigenvalue weighted by molar-refractivity contribution is -0.385. The third kappa shape index (κ3) is 5.57. The lowest BCUT2D eigenvalue weighted by Gasteiger charge is -2.13. The SMILES string of the molecule is COc1ccc(NS(=O)(=O)c2cc([N+](=O)[O-])ccc2N/N=C(\C)c2ccccc2OC)cc1. The highest BCUT2D eigenvalue weighted by Crippen LogP contribution is 2.29. The van der Waals surface area contributed by atoms with Gasteiger partial charge in [0.1, 0.15) is 16.4 Å². The highest BCUT2D eigenvalue weighted by Gasteiger charge is 2.23. The fraction of sp³-hybridized carbons (Fsp3) is 0.136. The number of anilines is 2. The van der Waals surface area contributed by atoms with Gasteiger partial charge in [0, 0.05) is 23.4 Å². The van der Waals surface area contributed by atoms with Gasteiger partial charge in [-0.2, -0.15) is 5.10 Å². The number of non-ortho nitro benzene ring substituents is 1. The third-order valence-corrected chi connectivity index (χ3v) is 6.07. The zero-order valence-corrected chi connectivity index (χ0v) is 18.9. The fourth-order valence-electron chi connectivity index (χ4n) is 2.96. The predicted molar refractivity (Wildman–Crippen MR) is 126 cm³/mol. The Morgan fingerprint density at radius 2 is 1.70 bits per heavy atom. The Hall–Kier alpha value is -4.12. The summed E-state index contributed by atoms with van der Waals surface area (Å²) in [4.78, 5) is 10.3. The van der Waals surface area contributed by atoms with E-state index >= 15 is 0 Å². The molecule has 3 aromatic rings. The number of hydrogen-bond acceptors (Lipinski definition) is 8. The standard InChI is InChI=1S/C22H22N4O6S/c1-15(19-6-4-5-7-21(19)32-3)23-24-20-13-10-17(26(27)28)14-22(20)33(29,30)25-16-8-11-18(31-2)12-9-16/h4-14,24-25H,1-3H3/b23-15+. The summed E-state index contributed by atoms with van der Waals surface area (Å²) in [6.07, 6.45) is 0. The van der Waals surface area contributed by atoms with E-state index in [1.54, 1.807) is 31.2 Å². The molecule has 0 saturated carbocycles. The summed E-state index contributed by atoms with van der Waals surface area (Å²) in [6, 6.07) is 16.9. The van der Waals surface area contributed by atoms with Gasteiger partial charge >= 0.3 is 0 Å². The highest BCUT2D eigenvalue weighted by atomic mass is 32.2. The van der Waals surface area contributed by atoms with Gasteiger partial charge in [0.15, 0.2) is 0 Å². The maximum atomic E-state index is 13.1. The van der Waals surface area contributed by atoms with Crippen LogP contribution in [0.15, 0.2) is 76.7 Å². The van der Waals surface area contributed by atoms with E-state index in [2.05, 4.69) is 15.2 Å². The molecule has 0 saturated heterocycles. The molecule has 0 aromatic heterocycles. The molecular weight excluding hydrogens is 448 g/mol. The van der Waals surface area contributed by atoms with E-state index in [9.17, 15) is 18.5 Å². The van der Waals surface area contributed by atoms with E-state index in [1.807, 2.05) is 12.1 Å². The molecule has 0 fully saturated rings. The molecule has 3 aromatic carbocycles. The van der Waals surface area contributed by atoms with Crippen LogP contribution in [0.5, 0.6) is 11.5 Å². The summed E-state index contributed by atoms with van der Waals surface area (Å²) < 4.78 is 39.0. The summed E-state index contributed by atoms with van der Waals surface area (Å²) in [5.41, 5.74) is 3.90. The van der Waals surface area contributed by atoms with Gasteiger partial charge < -0.3 is 9.47 Å². The Morgan fingerprint density at radius 1 is 1.00 bits per heavy atom. The van der Waals surface area contributed by atoms with Gasteiger partial charge in [-0.05, 0) is 49.4 Å². The predicted octanol–water partition coefficient (Wildman–Crippen LogP) is 4.25. The number of nitro groups is 1. The molecule has 0 unspecified atom stereocenters. The van der Waals surface area contributed by atoms with Crippen molar-refractivity contribution in [1.82, 2.24) is 0 Å². The van der Waals surface area contributed by atoms with Crippen molar-refractivity contribution in [2.24, 2.45) is 5.10 Å². The molecule has 0 bridgehead atoms. The van der Waals surface area contributed by atoms with Gasteiger partial charge in [-0.25, -0.2) is 8.42 Å². The number of benzene rings is 3. The molecule has 0 heterocycles. The van der Waals surface area contributed by atoms with Crippen molar-refractivity contribution in [3.8, 4) is 11.5 Å². The topological polar surface area (TPSA) is 132 Å². The lowest BCUT2D eigenvalue weighted by Crippen LogP contribution is -2.15. The molecule has 3 rings (SSSR count). The second-order valence-corrected chi connectivity index (χ2v) is 8.43. The van der Waals surface area contributed by atoms with Crippen LogP contribution in [0.3, 0.4) is 0 Å². The molecule has 0 aliphatic carbocycles. The van der Waals surface area contributed by atoms with E-state index in [0.29, 0.717) is 22.8 Å². The van der Waals surface area contributed by atoms with Gasteiger partial charge in [0.2, 0.25) is 0 Å². The number of hydrazone groups is 1. The van der Waals surface area contributed by atoms with E-state index in [-0.39, 0.29) is 22.0 Å². The number of sulfonamides is 1. The summed E-state index contributed by atoms with van der Waals surface area (Å²) in [5.74, 6) is 1.15. The van der Waals surface area contributed by atoms with Crippen LogP contribution in [0.25, 0.3) is 0 Å². The molecule has 0 aliphatic rings. The van der Waals surface area contributed by atoms with Gasteiger partial charge in [0.25, 0.3) is 15.7 Å². The average Bonchev–Trinajstić information content (AvgIpc) is 2.82. The van der Waals surface area contributed by atoms with Gasteiger partial charge in [0.05, 0.1) is 30.5 Å². The summed E-state index contributed by atoms with van der Waals surface area (Å²) in [5, 5.41) is 15.5. The van der Waals surface area contributed by atoms with Crippen LogP contribution in [-0.4, -0.2) is 33.3 Å². The maximum Gasteiger partial charge on any atom is 0.270 e. The van der Waals surface area contributed by atoms with Crippen molar-refractivity contribution >= 4 is 32.8 Å². The second-order valence-electron chi connectivity index (χ2n) is 6.78. The van der Waals surface area contributed by atoms with Crippen LogP contribution in [0.4, 0.5) is 17.1 Å². The Kier molecular flexibility index (Phi) is 7.13. The minimum atomic E-state index is -4.20. The first-order chi connectivity index (χ1) is 15.7. The molecule has 11 heteroatoms. The molecule has 33 heavy (non-hydrogen) atoms. The van der Waals surface area contributed by atoms with Gasteiger partial charge in [-0.3, -0.25) is 20.3 Å². The molecule has 0 radical (unpaired) electrons. The minimum absolute atomic E-state index is 0.0656. The molecule has 10 nitrogen and oxygen atoms in total. The number of para-hydroxylation sites is 1. The molecule has 2 N–H and O–H groups in total. The van der Waals surface area contributed by atoms with Crippen LogP contribution in [0.2, 0.25) is 0 Å². The fourth-order valence-corrected chi connectivity index (χ4v) is 4.19. The minimum Gasteiger partial charge on any atom is -0.497 e. The van der Waals surface area contributed by atoms with Gasteiger partial charge in [-0.1, -0.05) is 12.1 Å². The summed E-state index contributed by atoms with van der Waals surface area (Å²) in [7, 11) is -1.17. The number of methoxy groups -OCH3 is 2. The van der Waals surface area contributed by atoms with Crippen molar-refractivity contribution in [2.75, 3.05) is 24.4 Å². The molecule has 0 atom stereocenters. The monoisotopic (exact) mass is 470 g/mol. The first kappa shape index (κ1) is 23.5. The Morgan fingerprint density at radius 3 is 2.33 bits per heavy atom. The second kappa shape index (κ2) is 10.0. The van der Waals surface area contributed by atoms with Gasteiger partial charge in [-0.15, -0.1) is 0 Å². The first-order valence-corrected chi connectivity index (χ1v) is 11.1. The highest BCUT2D eigenvalue weighted by molar-refractivity contribution is 7.92. The Labute approximate surface area is 191 Å². The normalized spacial score (nSPS) is 11.5. The molecule has 172 valence electrons. The summed E-state index contributed by atoms with van der Waals surface area (Å²) >= 11 is 0. The number of ether oxygens (including phenoxy) is 2. The van der Waals surface area contributed by atoms with Crippen LogP contribution < -0.4 is 19.6 Å². The average molecular weight is 471 g/mol. The molecule has 0 spiro atoms. The number of nitrogens with zero attached hydrogens (tertiary/aromatic N) is 2. The van der Waals surface area contributed by atoms with Crippen LogP contribution >= 0.6 is 0 Å². The molecule has 0 aliphatic heterocycles. The Balaban J connectivity index is 1.98. The van der Waals surface area contributed by atoms with Crippen molar-refractivity contribution < 1.29 is 22.8 Å². The maximum absolute atomic E-state index is 13.1. The van der Waals surface area contributed by atoms with Crippen LogP contribution in [-0.2, 0) is 10.0 Å². The number of hydrogen-bond donors (Lipinski definition) is 2. The smallest absolute Gasteiger partial charge is 0.270 e. The lowest BCUT2D eigenvalue weighted by atomic mass is 10.1. The van der Waals surface area contributed by atoms with E-state index in [1.165, 1.54) is 38.5 Å². The van der Waals surface area contributed by atoms with E-state index in [4.69, 9.17) is 9.47 Å². The van der Waals surface area contributed by atoms with E-state index < -0.39 is 14.9 Å². The zero-order chi connectivity index (χ0) is 24.0. The van der Waals surface area contributed by atoms with Crippen molar-refractivity contribution in [1.29, 1.82) is 0 Å². The van der Waals surface area contributed by atoms with Crippen molar-refractivity contribution in [2.45, 2.75) is 11.8 Å². The largest absolute Gasteiger partial charge is 0.497 e. The third-order valence-electron chi connectivity index (χ3n) is 4.65. The quantitative estimate of drug-likeness (QED) is 0.271. The van der Waals surface area contributed by atoms with Crippen molar-refractivity contribution in [3.05, 3.63) is 82.4 Å². The number of rotatable bonds is 9. The molecular formula is C22H22N4O6S. The van der Waals surface area contributed by atoms with Crippen LogP contribution in [0, 0.1) is 10.1 Å². The Bertz CT molecular complexity index is 1290. The first-order valence-electron chi connectivity index (χ1n) is 9.64. The summed E-state index contributed by atoms with van der Waals surface area (Å²) in [6.45, 7) is 1.72. The zero-order valence-electron chi connectivity index (χ0n) is 18.1.